The van der Waals surface area contributed by atoms with E-state index in [1.807, 2.05) is 49.0 Å². The van der Waals surface area contributed by atoms with Gasteiger partial charge in [0.2, 0.25) is 0 Å². The van der Waals surface area contributed by atoms with Crippen LogP contribution in [0.1, 0.15) is 25.5 Å². The number of hydrogen-bond acceptors (Lipinski definition) is 2. The van der Waals surface area contributed by atoms with Gasteiger partial charge in [-0.25, -0.2) is 4.79 Å². The molecule has 2 aromatic heterocycles. The van der Waals surface area contributed by atoms with Gasteiger partial charge in [0, 0.05) is 25.0 Å². The smallest absolute Gasteiger partial charge is 0.329 e. The van der Waals surface area contributed by atoms with Gasteiger partial charge in [0.15, 0.2) is 0 Å². The summed E-state index contributed by atoms with van der Waals surface area (Å²) in [6.07, 6.45) is 3.70. The summed E-state index contributed by atoms with van der Waals surface area (Å²) in [6, 6.07) is 14.4. The first-order chi connectivity index (χ1) is 12.0. The Kier molecular flexibility index (Phi) is 3.57. The van der Waals surface area contributed by atoms with E-state index in [4.69, 9.17) is 0 Å². The molecule has 0 amide bonds. The van der Waals surface area contributed by atoms with E-state index in [-0.39, 0.29) is 17.3 Å². The molecule has 0 aliphatic heterocycles. The number of fused-ring (bicyclic) bond motifs is 2. The molecule has 0 atom stereocenters. The first-order valence-electron chi connectivity index (χ1n) is 8.35. The molecule has 5 nitrogen and oxygen atoms in total. The number of benzene rings is 2. The monoisotopic (exact) mass is 333 g/mol. The van der Waals surface area contributed by atoms with Crippen LogP contribution in [0, 0.1) is 0 Å². The third-order valence-electron chi connectivity index (χ3n) is 4.55. The molecule has 0 unspecified atom stereocenters. The van der Waals surface area contributed by atoms with Crippen molar-refractivity contribution in [3.63, 3.8) is 0 Å². The molecule has 5 heteroatoms. The number of rotatable bonds is 3. The number of H-pyrrole nitrogens is 1. The molecule has 0 saturated carbocycles. The van der Waals surface area contributed by atoms with Crippen molar-refractivity contribution in [3.8, 4) is 0 Å². The molecule has 0 radical (unpaired) electrons. The van der Waals surface area contributed by atoms with Gasteiger partial charge in [0.25, 0.3) is 5.56 Å². The molecular weight excluding hydrogens is 314 g/mol. The van der Waals surface area contributed by atoms with Gasteiger partial charge in [-0.3, -0.25) is 14.3 Å². The molecule has 0 spiro atoms. The average Bonchev–Trinajstić information content (AvgIpc) is 2.98. The fraction of sp³-hybridized carbons (Fsp3) is 0.200. The Morgan fingerprint density at radius 1 is 0.960 bits per heavy atom. The van der Waals surface area contributed by atoms with Crippen LogP contribution in [0.2, 0.25) is 0 Å². The Balaban J connectivity index is 1.88. The van der Waals surface area contributed by atoms with Crippen molar-refractivity contribution in [2.75, 3.05) is 0 Å². The summed E-state index contributed by atoms with van der Waals surface area (Å²) < 4.78 is 3.59. The van der Waals surface area contributed by atoms with Crippen LogP contribution in [0.5, 0.6) is 0 Å². The van der Waals surface area contributed by atoms with Crippen LogP contribution in [0.25, 0.3) is 21.7 Å². The van der Waals surface area contributed by atoms with Gasteiger partial charge in [-0.1, -0.05) is 42.5 Å². The van der Waals surface area contributed by atoms with Crippen LogP contribution in [-0.2, 0) is 6.54 Å². The van der Waals surface area contributed by atoms with E-state index < -0.39 is 0 Å². The highest BCUT2D eigenvalue weighted by Gasteiger charge is 2.13. The Hall–Kier alpha value is -3.08. The normalized spacial score (nSPS) is 11.6. The van der Waals surface area contributed by atoms with Crippen LogP contribution in [0.3, 0.4) is 0 Å². The van der Waals surface area contributed by atoms with Crippen molar-refractivity contribution >= 4 is 21.7 Å². The van der Waals surface area contributed by atoms with Crippen LogP contribution in [0.4, 0.5) is 0 Å². The zero-order valence-corrected chi connectivity index (χ0v) is 14.2. The summed E-state index contributed by atoms with van der Waals surface area (Å²) in [4.78, 5) is 26.7. The largest absolute Gasteiger partial charge is 0.347 e. The topological polar surface area (TPSA) is 59.8 Å². The van der Waals surface area contributed by atoms with E-state index in [1.54, 1.807) is 4.57 Å². The standard InChI is InChI=1S/C20H19N3O2/c1-13(2)23-18-12-22(11-17(18)19(24)21-20(23)25)10-15-8-5-7-14-6-3-4-9-16(14)15/h3-9,11-13H,10H2,1-2H3,(H,21,24,25). The highest BCUT2D eigenvalue weighted by molar-refractivity contribution is 5.85. The van der Waals surface area contributed by atoms with E-state index in [9.17, 15) is 9.59 Å². The third-order valence-corrected chi connectivity index (χ3v) is 4.55. The fourth-order valence-electron chi connectivity index (χ4n) is 3.43. The van der Waals surface area contributed by atoms with Crippen LogP contribution in [0.15, 0.2) is 64.4 Å². The predicted molar refractivity (Wildman–Crippen MR) is 100 cm³/mol. The van der Waals surface area contributed by atoms with Gasteiger partial charge in [-0.15, -0.1) is 0 Å². The van der Waals surface area contributed by atoms with Gasteiger partial charge in [-0.05, 0) is 30.2 Å². The minimum Gasteiger partial charge on any atom is -0.347 e. The lowest BCUT2D eigenvalue weighted by Crippen LogP contribution is -2.30. The Morgan fingerprint density at radius 2 is 1.72 bits per heavy atom. The van der Waals surface area contributed by atoms with Crippen molar-refractivity contribution in [3.05, 3.63) is 81.3 Å². The number of nitrogens with zero attached hydrogens (tertiary/aromatic N) is 2. The molecule has 0 bridgehead atoms. The van der Waals surface area contributed by atoms with Crippen LogP contribution in [-0.4, -0.2) is 14.1 Å². The molecular formula is C20H19N3O2. The maximum Gasteiger partial charge on any atom is 0.329 e. The summed E-state index contributed by atoms with van der Waals surface area (Å²) in [5.74, 6) is 0. The number of aromatic nitrogens is 3. The summed E-state index contributed by atoms with van der Waals surface area (Å²) in [5, 5.41) is 2.92. The minimum absolute atomic E-state index is 0.0275. The lowest BCUT2D eigenvalue weighted by molar-refractivity contribution is 0.584. The molecule has 0 aliphatic carbocycles. The van der Waals surface area contributed by atoms with E-state index >= 15 is 0 Å². The maximum absolute atomic E-state index is 12.2. The zero-order chi connectivity index (χ0) is 17.6. The second kappa shape index (κ2) is 5.77. The molecule has 126 valence electrons. The van der Waals surface area contributed by atoms with Crippen molar-refractivity contribution in [2.45, 2.75) is 26.4 Å². The third kappa shape index (κ3) is 2.58. The highest BCUT2D eigenvalue weighted by Crippen LogP contribution is 2.21. The maximum atomic E-state index is 12.2. The van der Waals surface area contributed by atoms with E-state index in [2.05, 4.69) is 29.2 Å². The molecule has 2 aromatic carbocycles. The molecule has 1 N–H and O–H groups in total. The molecule has 2 heterocycles. The van der Waals surface area contributed by atoms with Crippen LogP contribution < -0.4 is 11.2 Å². The Bertz CT molecular complexity index is 1190. The molecule has 4 aromatic rings. The molecule has 0 aliphatic rings. The lowest BCUT2D eigenvalue weighted by atomic mass is 10.0. The molecule has 0 saturated heterocycles. The molecule has 4 rings (SSSR count). The van der Waals surface area contributed by atoms with Gasteiger partial charge in [0.05, 0.1) is 10.9 Å². The minimum atomic E-state index is -0.365. The van der Waals surface area contributed by atoms with E-state index in [1.165, 1.54) is 16.3 Å². The van der Waals surface area contributed by atoms with Crippen molar-refractivity contribution in [1.29, 1.82) is 0 Å². The summed E-state index contributed by atoms with van der Waals surface area (Å²) >= 11 is 0. The van der Waals surface area contributed by atoms with Crippen LogP contribution >= 0.6 is 0 Å². The van der Waals surface area contributed by atoms with Crippen molar-refractivity contribution < 1.29 is 0 Å². The van der Waals surface area contributed by atoms with Gasteiger partial charge in [0.1, 0.15) is 0 Å². The quantitative estimate of drug-likeness (QED) is 0.625. The first-order valence-corrected chi connectivity index (χ1v) is 8.35. The lowest BCUT2D eigenvalue weighted by Gasteiger charge is -2.10. The number of aromatic amines is 1. The highest BCUT2D eigenvalue weighted by atomic mass is 16.2. The Labute approximate surface area is 144 Å². The number of hydrogen-bond donors (Lipinski definition) is 1. The van der Waals surface area contributed by atoms with Crippen molar-refractivity contribution in [2.24, 2.45) is 0 Å². The Morgan fingerprint density at radius 3 is 2.52 bits per heavy atom. The first kappa shape index (κ1) is 15.4. The second-order valence-corrected chi connectivity index (χ2v) is 6.59. The SMILES string of the molecule is CC(C)n1c(=O)[nH]c(=O)c2cn(Cc3cccc4ccccc34)cc21. The molecule has 25 heavy (non-hydrogen) atoms. The van der Waals surface area contributed by atoms with Gasteiger partial charge >= 0.3 is 5.69 Å². The van der Waals surface area contributed by atoms with Gasteiger partial charge in [-0.2, -0.15) is 0 Å². The summed E-state index contributed by atoms with van der Waals surface area (Å²) in [6.45, 7) is 4.50. The number of nitrogens with one attached hydrogen (secondary N) is 1. The predicted octanol–water partition coefficient (Wildman–Crippen LogP) is 3.27. The summed E-state index contributed by atoms with van der Waals surface area (Å²) in [5.41, 5.74) is 1.14. The van der Waals surface area contributed by atoms with E-state index in [0.717, 1.165) is 0 Å². The molecule has 0 fully saturated rings. The second-order valence-electron chi connectivity index (χ2n) is 6.59. The zero-order valence-electron chi connectivity index (χ0n) is 14.2. The van der Waals surface area contributed by atoms with E-state index in [0.29, 0.717) is 17.4 Å². The average molecular weight is 333 g/mol. The summed E-state index contributed by atoms with van der Waals surface area (Å²) in [7, 11) is 0. The van der Waals surface area contributed by atoms with Crippen molar-refractivity contribution in [1.82, 2.24) is 14.1 Å². The van der Waals surface area contributed by atoms with Gasteiger partial charge < -0.3 is 4.57 Å². The fourth-order valence-corrected chi connectivity index (χ4v) is 3.43.